The maximum Gasteiger partial charge on any atom is 0.249 e. The van der Waals surface area contributed by atoms with Gasteiger partial charge in [0.2, 0.25) is 17.8 Å². The van der Waals surface area contributed by atoms with Crippen LogP contribution in [0.2, 0.25) is 5.02 Å². The van der Waals surface area contributed by atoms with E-state index in [9.17, 15) is 9.59 Å². The Labute approximate surface area is 186 Å². The van der Waals surface area contributed by atoms with E-state index in [-0.39, 0.29) is 24.2 Å². The predicted octanol–water partition coefficient (Wildman–Crippen LogP) is 3.58. The molecule has 0 radical (unpaired) electrons. The molecule has 0 aliphatic carbocycles. The highest BCUT2D eigenvalue weighted by atomic mass is 35.5. The number of thioether (sulfide) groups is 1. The Hall–Kier alpha value is -3.24. The Bertz CT molecular complexity index is 1150. The number of aromatic nitrogens is 3. The number of amides is 2. The molecular weight excluding hydrogens is 442 g/mol. The van der Waals surface area contributed by atoms with E-state index in [0.29, 0.717) is 33.6 Å². The van der Waals surface area contributed by atoms with Crippen LogP contribution in [-0.2, 0) is 9.59 Å². The summed E-state index contributed by atoms with van der Waals surface area (Å²) in [5.74, 6) is 1.07. The van der Waals surface area contributed by atoms with E-state index < -0.39 is 5.25 Å². The minimum atomic E-state index is -0.575. The highest BCUT2D eigenvalue weighted by Gasteiger charge is 2.29. The minimum Gasteiger partial charge on any atom is -0.497 e. The lowest BCUT2D eigenvalue weighted by molar-refractivity contribution is -0.120. The third-order valence-electron chi connectivity index (χ3n) is 4.53. The van der Waals surface area contributed by atoms with Crippen molar-refractivity contribution >= 4 is 46.8 Å². The molecule has 0 saturated heterocycles. The summed E-state index contributed by atoms with van der Waals surface area (Å²) in [4.78, 5) is 30.0. The lowest BCUT2D eigenvalue weighted by Gasteiger charge is -2.23. The molecule has 4 rings (SSSR count). The molecule has 3 aromatic rings. The van der Waals surface area contributed by atoms with Gasteiger partial charge in [0, 0.05) is 22.4 Å². The molecule has 2 aromatic carbocycles. The van der Waals surface area contributed by atoms with Gasteiger partial charge in [-0.25, -0.2) is 0 Å². The zero-order valence-corrected chi connectivity index (χ0v) is 18.1. The first-order chi connectivity index (χ1) is 15.0. The summed E-state index contributed by atoms with van der Waals surface area (Å²) in [5.41, 5.74) is 1.31. The third-order valence-corrected chi connectivity index (χ3v) is 6.04. The molecule has 1 aromatic heterocycles. The number of ether oxygens (including phenoxy) is 2. The van der Waals surface area contributed by atoms with Crippen molar-refractivity contribution in [3.8, 4) is 22.9 Å². The first-order valence-electron chi connectivity index (χ1n) is 9.18. The Kier molecular flexibility index (Phi) is 6.01. The van der Waals surface area contributed by atoms with E-state index in [1.54, 1.807) is 37.4 Å². The summed E-state index contributed by atoms with van der Waals surface area (Å²) in [6.07, 6.45) is -0.0334. The number of fused-ring (bicyclic) bond motifs is 1. The average molecular weight is 460 g/mol. The second kappa shape index (κ2) is 8.86. The first kappa shape index (κ1) is 21.0. The maximum atomic E-state index is 12.5. The van der Waals surface area contributed by atoms with Crippen molar-refractivity contribution < 1.29 is 19.1 Å². The number of benzene rings is 2. The smallest absolute Gasteiger partial charge is 0.249 e. The van der Waals surface area contributed by atoms with Crippen LogP contribution in [0.4, 0.5) is 11.6 Å². The van der Waals surface area contributed by atoms with Gasteiger partial charge in [0.25, 0.3) is 0 Å². The number of aromatic amines is 1. The van der Waals surface area contributed by atoms with Gasteiger partial charge in [-0.15, -0.1) is 16.9 Å². The largest absolute Gasteiger partial charge is 0.497 e. The number of anilines is 2. The van der Waals surface area contributed by atoms with Crippen LogP contribution in [0, 0.1) is 0 Å². The van der Waals surface area contributed by atoms with E-state index in [1.807, 2.05) is 6.07 Å². The number of hydrogen-bond donors (Lipinski definition) is 3. The topological polar surface area (TPSA) is 118 Å². The Morgan fingerprint density at radius 2 is 2.06 bits per heavy atom. The van der Waals surface area contributed by atoms with Gasteiger partial charge in [-0.3, -0.25) is 20.0 Å². The molecule has 1 atom stereocenters. The molecule has 11 heteroatoms. The van der Waals surface area contributed by atoms with Gasteiger partial charge < -0.3 is 14.8 Å². The number of H-pyrrole nitrogens is 1. The Morgan fingerprint density at radius 3 is 2.84 bits per heavy atom. The molecule has 9 nitrogen and oxygen atoms in total. The van der Waals surface area contributed by atoms with Gasteiger partial charge in [-0.1, -0.05) is 11.6 Å². The summed E-state index contributed by atoms with van der Waals surface area (Å²) in [6.45, 7) is 0. The fraction of sp³-hybridized carbons (Fsp3) is 0.200. The number of halogens is 1. The zero-order chi connectivity index (χ0) is 22.0. The summed E-state index contributed by atoms with van der Waals surface area (Å²) < 4.78 is 10.6. The highest BCUT2D eigenvalue weighted by Crippen LogP contribution is 2.38. The zero-order valence-electron chi connectivity index (χ0n) is 16.6. The summed E-state index contributed by atoms with van der Waals surface area (Å²) >= 11 is 7.27. The van der Waals surface area contributed by atoms with Crippen molar-refractivity contribution in [2.45, 2.75) is 16.6 Å². The second-order valence-corrected chi connectivity index (χ2v) is 8.24. The summed E-state index contributed by atoms with van der Waals surface area (Å²) in [7, 11) is 3.10. The SMILES string of the molecule is COc1ccc(-c2nc(NC(=O)CC3Sc4ccc(Cl)cc4NC3=O)n[nH]2)c(OC)c1. The number of rotatable bonds is 6. The molecule has 0 bridgehead atoms. The minimum absolute atomic E-state index is 0.0334. The average Bonchev–Trinajstić information content (AvgIpc) is 3.22. The first-order valence-corrected chi connectivity index (χ1v) is 10.4. The molecule has 31 heavy (non-hydrogen) atoms. The van der Waals surface area contributed by atoms with Crippen molar-refractivity contribution in [1.82, 2.24) is 15.2 Å². The van der Waals surface area contributed by atoms with Crippen LogP contribution in [0.1, 0.15) is 6.42 Å². The summed E-state index contributed by atoms with van der Waals surface area (Å²) in [6, 6.07) is 10.5. The molecule has 0 saturated carbocycles. The van der Waals surface area contributed by atoms with Crippen LogP contribution in [0.5, 0.6) is 11.5 Å². The number of hydrogen-bond acceptors (Lipinski definition) is 7. The number of carbonyl (C=O) groups excluding carboxylic acids is 2. The van der Waals surface area contributed by atoms with Crippen molar-refractivity contribution in [3.63, 3.8) is 0 Å². The summed E-state index contributed by atoms with van der Waals surface area (Å²) in [5, 5.41) is 12.2. The molecule has 2 heterocycles. The van der Waals surface area contributed by atoms with Crippen molar-refractivity contribution in [1.29, 1.82) is 0 Å². The molecule has 1 unspecified atom stereocenters. The monoisotopic (exact) mass is 459 g/mol. The molecule has 1 aliphatic heterocycles. The number of methoxy groups -OCH3 is 2. The van der Waals surface area contributed by atoms with Crippen molar-refractivity contribution in [2.24, 2.45) is 0 Å². The van der Waals surface area contributed by atoms with Gasteiger partial charge in [-0.05, 0) is 30.3 Å². The van der Waals surface area contributed by atoms with E-state index in [2.05, 4.69) is 25.8 Å². The lowest BCUT2D eigenvalue weighted by Crippen LogP contribution is -2.32. The van der Waals surface area contributed by atoms with Crippen LogP contribution in [-0.4, -0.2) is 46.5 Å². The van der Waals surface area contributed by atoms with Gasteiger partial charge in [-0.2, -0.15) is 4.98 Å². The molecule has 3 N–H and O–H groups in total. The quantitative estimate of drug-likeness (QED) is 0.515. The van der Waals surface area contributed by atoms with Crippen LogP contribution >= 0.6 is 23.4 Å². The van der Waals surface area contributed by atoms with E-state index in [0.717, 1.165) is 4.90 Å². The normalized spacial score (nSPS) is 15.1. The molecule has 2 amide bonds. The molecule has 1 aliphatic rings. The third kappa shape index (κ3) is 4.59. The lowest BCUT2D eigenvalue weighted by atomic mass is 10.2. The molecule has 160 valence electrons. The van der Waals surface area contributed by atoms with Crippen LogP contribution in [0.3, 0.4) is 0 Å². The molecular formula is C20H18ClN5O4S. The predicted molar refractivity (Wildman–Crippen MR) is 118 cm³/mol. The van der Waals surface area contributed by atoms with Gasteiger partial charge >= 0.3 is 0 Å². The van der Waals surface area contributed by atoms with Crippen LogP contribution < -0.4 is 20.1 Å². The molecule has 0 spiro atoms. The Balaban J connectivity index is 1.43. The maximum absolute atomic E-state index is 12.5. The standard InChI is InChI=1S/C20H18ClN5O4S/c1-29-11-4-5-12(14(8-11)30-2)18-24-20(26-25-18)23-17(27)9-16-19(28)22-13-7-10(21)3-6-15(13)31-16/h3-8,16H,9H2,1-2H3,(H,22,28)(H2,23,24,25,26,27). The fourth-order valence-electron chi connectivity index (χ4n) is 3.03. The van der Waals surface area contributed by atoms with Gasteiger partial charge in [0.05, 0.1) is 30.7 Å². The number of carbonyl (C=O) groups is 2. The van der Waals surface area contributed by atoms with Crippen LogP contribution in [0.25, 0.3) is 11.4 Å². The fourth-order valence-corrected chi connectivity index (χ4v) is 4.30. The van der Waals surface area contributed by atoms with Gasteiger partial charge in [0.15, 0.2) is 5.82 Å². The van der Waals surface area contributed by atoms with Crippen molar-refractivity contribution in [2.75, 3.05) is 24.9 Å². The molecule has 0 fully saturated rings. The van der Waals surface area contributed by atoms with E-state index >= 15 is 0 Å². The second-order valence-electron chi connectivity index (χ2n) is 6.56. The number of nitrogens with one attached hydrogen (secondary N) is 3. The van der Waals surface area contributed by atoms with E-state index in [4.69, 9.17) is 21.1 Å². The van der Waals surface area contributed by atoms with Gasteiger partial charge in [0.1, 0.15) is 11.5 Å². The van der Waals surface area contributed by atoms with Crippen LogP contribution in [0.15, 0.2) is 41.3 Å². The number of nitrogens with zero attached hydrogens (tertiary/aromatic N) is 2. The highest BCUT2D eigenvalue weighted by molar-refractivity contribution is 8.01. The van der Waals surface area contributed by atoms with E-state index in [1.165, 1.54) is 18.9 Å². The van der Waals surface area contributed by atoms with Crippen molar-refractivity contribution in [3.05, 3.63) is 41.4 Å². The Morgan fingerprint density at radius 1 is 1.23 bits per heavy atom.